The van der Waals surface area contributed by atoms with E-state index in [0.29, 0.717) is 22.8 Å². The molecular formula is C15H14BrClN2O. The molecule has 0 aliphatic carbocycles. The Morgan fingerprint density at radius 1 is 1.30 bits per heavy atom. The van der Waals surface area contributed by atoms with Gasteiger partial charge in [0.05, 0.1) is 10.7 Å². The molecule has 5 heteroatoms. The molecule has 1 amide bonds. The number of amides is 1. The molecule has 0 heterocycles. The molecule has 20 heavy (non-hydrogen) atoms. The summed E-state index contributed by atoms with van der Waals surface area (Å²) in [7, 11) is 1.76. The summed E-state index contributed by atoms with van der Waals surface area (Å²) in [5, 5.41) is 0.394. The first kappa shape index (κ1) is 14.9. The van der Waals surface area contributed by atoms with Gasteiger partial charge in [0.25, 0.3) is 5.91 Å². The van der Waals surface area contributed by atoms with Crippen molar-refractivity contribution in [1.82, 2.24) is 4.90 Å². The molecule has 0 spiro atoms. The fraction of sp³-hybridized carbons (Fsp3) is 0.133. The number of hydrogen-bond donors (Lipinski definition) is 1. The van der Waals surface area contributed by atoms with Gasteiger partial charge in [0, 0.05) is 23.6 Å². The SMILES string of the molecule is CN(Cc1ccccc1Br)C(=O)c1ccc(N)c(Cl)c1. The predicted octanol–water partition coefficient (Wildman–Crippen LogP) is 3.96. The lowest BCUT2D eigenvalue weighted by Crippen LogP contribution is -2.26. The molecule has 0 radical (unpaired) electrons. The van der Waals surface area contributed by atoms with Gasteiger partial charge in [0.15, 0.2) is 0 Å². The minimum Gasteiger partial charge on any atom is -0.398 e. The Kier molecular flexibility index (Phi) is 4.68. The van der Waals surface area contributed by atoms with Crippen molar-refractivity contribution >= 4 is 39.1 Å². The molecule has 2 rings (SSSR count). The van der Waals surface area contributed by atoms with Crippen molar-refractivity contribution in [1.29, 1.82) is 0 Å². The molecule has 0 saturated heterocycles. The third-order valence-corrected chi connectivity index (χ3v) is 4.06. The van der Waals surface area contributed by atoms with Crippen LogP contribution >= 0.6 is 27.5 Å². The molecule has 104 valence electrons. The number of carbonyl (C=O) groups excluding carboxylic acids is 1. The fourth-order valence-corrected chi connectivity index (χ4v) is 2.43. The Morgan fingerprint density at radius 2 is 2.00 bits per heavy atom. The molecule has 0 aliphatic rings. The standard InChI is InChI=1S/C15H14BrClN2O/c1-19(9-11-4-2-3-5-12(11)16)15(20)10-6-7-14(18)13(17)8-10/h2-8H,9,18H2,1H3. The largest absolute Gasteiger partial charge is 0.398 e. The van der Waals surface area contributed by atoms with Crippen LogP contribution < -0.4 is 5.73 Å². The molecule has 0 aliphatic heterocycles. The number of nitrogens with two attached hydrogens (primary N) is 1. The van der Waals surface area contributed by atoms with Gasteiger partial charge in [0.1, 0.15) is 0 Å². The highest BCUT2D eigenvalue weighted by atomic mass is 79.9. The van der Waals surface area contributed by atoms with Crippen molar-refractivity contribution in [2.45, 2.75) is 6.54 Å². The monoisotopic (exact) mass is 352 g/mol. The van der Waals surface area contributed by atoms with E-state index in [1.807, 2.05) is 24.3 Å². The Morgan fingerprint density at radius 3 is 2.65 bits per heavy atom. The van der Waals surface area contributed by atoms with Crippen LogP contribution in [0.5, 0.6) is 0 Å². The van der Waals surface area contributed by atoms with Gasteiger partial charge in [-0.25, -0.2) is 0 Å². The predicted molar refractivity (Wildman–Crippen MR) is 85.8 cm³/mol. The van der Waals surface area contributed by atoms with E-state index in [1.165, 1.54) is 0 Å². The Hall–Kier alpha value is -1.52. The zero-order valence-electron chi connectivity index (χ0n) is 10.9. The molecule has 0 bridgehead atoms. The smallest absolute Gasteiger partial charge is 0.253 e. The summed E-state index contributed by atoms with van der Waals surface area (Å²) >= 11 is 9.42. The third kappa shape index (κ3) is 3.32. The summed E-state index contributed by atoms with van der Waals surface area (Å²) in [4.78, 5) is 14.0. The fourth-order valence-electron chi connectivity index (χ4n) is 1.83. The number of benzene rings is 2. The first-order valence-corrected chi connectivity index (χ1v) is 7.20. The lowest BCUT2D eigenvalue weighted by molar-refractivity contribution is 0.0785. The van der Waals surface area contributed by atoms with E-state index in [-0.39, 0.29) is 5.91 Å². The molecule has 0 aromatic heterocycles. The molecule has 0 saturated carbocycles. The number of nitrogen functional groups attached to an aromatic ring is 1. The summed E-state index contributed by atoms with van der Waals surface area (Å²) in [6.45, 7) is 0.516. The number of nitrogens with zero attached hydrogens (tertiary/aromatic N) is 1. The Balaban J connectivity index is 2.16. The molecule has 0 fully saturated rings. The van der Waals surface area contributed by atoms with Gasteiger partial charge in [-0.05, 0) is 29.8 Å². The van der Waals surface area contributed by atoms with Crippen molar-refractivity contribution in [3.63, 3.8) is 0 Å². The van der Waals surface area contributed by atoms with Crippen LogP contribution in [-0.2, 0) is 6.54 Å². The van der Waals surface area contributed by atoms with E-state index >= 15 is 0 Å². The maximum atomic E-state index is 12.3. The number of rotatable bonds is 3. The van der Waals surface area contributed by atoms with E-state index < -0.39 is 0 Å². The second kappa shape index (κ2) is 6.29. The summed E-state index contributed by atoms with van der Waals surface area (Å²) in [6, 6.07) is 12.7. The third-order valence-electron chi connectivity index (χ3n) is 2.96. The van der Waals surface area contributed by atoms with Gasteiger partial charge in [0.2, 0.25) is 0 Å². The second-order valence-electron chi connectivity index (χ2n) is 4.49. The maximum Gasteiger partial charge on any atom is 0.253 e. The zero-order valence-corrected chi connectivity index (χ0v) is 13.3. The lowest BCUT2D eigenvalue weighted by atomic mass is 10.1. The molecule has 2 aromatic rings. The van der Waals surface area contributed by atoms with E-state index in [2.05, 4.69) is 15.9 Å². The van der Waals surface area contributed by atoms with Crippen LogP contribution in [0.4, 0.5) is 5.69 Å². The van der Waals surface area contributed by atoms with Crippen LogP contribution in [0.3, 0.4) is 0 Å². The lowest BCUT2D eigenvalue weighted by Gasteiger charge is -2.18. The first-order chi connectivity index (χ1) is 9.49. The van der Waals surface area contributed by atoms with Gasteiger partial charge >= 0.3 is 0 Å². The van der Waals surface area contributed by atoms with Gasteiger partial charge in [-0.1, -0.05) is 45.7 Å². The van der Waals surface area contributed by atoms with Crippen molar-refractivity contribution in [2.24, 2.45) is 0 Å². The average Bonchev–Trinajstić information content (AvgIpc) is 2.43. The molecule has 2 N–H and O–H groups in total. The van der Waals surface area contributed by atoms with E-state index in [1.54, 1.807) is 30.1 Å². The van der Waals surface area contributed by atoms with Gasteiger partial charge < -0.3 is 10.6 Å². The maximum absolute atomic E-state index is 12.3. The summed E-state index contributed by atoms with van der Waals surface area (Å²) in [5.41, 5.74) is 7.69. The van der Waals surface area contributed by atoms with Gasteiger partial charge in [-0.15, -0.1) is 0 Å². The van der Waals surface area contributed by atoms with Gasteiger partial charge in [-0.2, -0.15) is 0 Å². The molecule has 0 unspecified atom stereocenters. The highest BCUT2D eigenvalue weighted by molar-refractivity contribution is 9.10. The number of hydrogen-bond acceptors (Lipinski definition) is 2. The Bertz CT molecular complexity index is 646. The number of anilines is 1. The summed E-state index contributed by atoms with van der Waals surface area (Å²) < 4.78 is 0.981. The first-order valence-electron chi connectivity index (χ1n) is 6.03. The highest BCUT2D eigenvalue weighted by Crippen LogP contribution is 2.22. The normalized spacial score (nSPS) is 10.3. The van der Waals surface area contributed by atoms with Crippen molar-refractivity contribution < 1.29 is 4.79 Å². The minimum atomic E-state index is -0.0948. The number of carbonyl (C=O) groups is 1. The molecule has 0 atom stereocenters. The van der Waals surface area contributed by atoms with Crippen molar-refractivity contribution in [3.05, 3.63) is 63.1 Å². The minimum absolute atomic E-state index is 0.0948. The van der Waals surface area contributed by atoms with Crippen LogP contribution in [0.1, 0.15) is 15.9 Å². The van der Waals surface area contributed by atoms with Crippen LogP contribution in [0.25, 0.3) is 0 Å². The quantitative estimate of drug-likeness (QED) is 0.849. The van der Waals surface area contributed by atoms with Crippen molar-refractivity contribution in [2.75, 3.05) is 12.8 Å². The van der Waals surface area contributed by atoms with Crippen molar-refractivity contribution in [3.8, 4) is 0 Å². The molecular weight excluding hydrogens is 340 g/mol. The molecule has 3 nitrogen and oxygen atoms in total. The van der Waals surface area contributed by atoms with Crippen LogP contribution in [0.15, 0.2) is 46.9 Å². The van der Waals surface area contributed by atoms with E-state index in [4.69, 9.17) is 17.3 Å². The van der Waals surface area contributed by atoms with Crippen LogP contribution in [-0.4, -0.2) is 17.9 Å². The topological polar surface area (TPSA) is 46.3 Å². The average molecular weight is 354 g/mol. The highest BCUT2D eigenvalue weighted by Gasteiger charge is 2.14. The van der Waals surface area contributed by atoms with Gasteiger partial charge in [-0.3, -0.25) is 4.79 Å². The number of halogens is 2. The molecule has 2 aromatic carbocycles. The van der Waals surface area contributed by atoms with Crippen LogP contribution in [0, 0.1) is 0 Å². The Labute approximate surface area is 131 Å². The van der Waals surface area contributed by atoms with Crippen LogP contribution in [0.2, 0.25) is 5.02 Å². The van der Waals surface area contributed by atoms with E-state index in [0.717, 1.165) is 10.0 Å². The van der Waals surface area contributed by atoms with E-state index in [9.17, 15) is 4.79 Å². The zero-order chi connectivity index (χ0) is 14.7. The summed E-state index contributed by atoms with van der Waals surface area (Å²) in [6.07, 6.45) is 0. The second-order valence-corrected chi connectivity index (χ2v) is 5.75. The summed E-state index contributed by atoms with van der Waals surface area (Å²) in [5.74, 6) is -0.0948.